The van der Waals surface area contributed by atoms with Crippen molar-refractivity contribution in [1.29, 1.82) is 0 Å². The predicted octanol–water partition coefficient (Wildman–Crippen LogP) is 3.65. The SMILES string of the molecule is CSCCCC(C(=O)O)c1ccccc1Cl. The molecule has 0 fully saturated rings. The summed E-state index contributed by atoms with van der Waals surface area (Å²) in [5.41, 5.74) is 0.720. The fourth-order valence-electron chi connectivity index (χ4n) is 1.60. The monoisotopic (exact) mass is 258 g/mol. The zero-order chi connectivity index (χ0) is 12.0. The van der Waals surface area contributed by atoms with E-state index in [0.29, 0.717) is 11.4 Å². The topological polar surface area (TPSA) is 37.3 Å². The summed E-state index contributed by atoms with van der Waals surface area (Å²) in [6.07, 6.45) is 3.55. The van der Waals surface area contributed by atoms with E-state index in [1.165, 1.54) is 0 Å². The molecule has 88 valence electrons. The van der Waals surface area contributed by atoms with Gasteiger partial charge in [0.05, 0.1) is 5.92 Å². The molecule has 0 aromatic heterocycles. The van der Waals surface area contributed by atoms with E-state index in [1.807, 2.05) is 18.4 Å². The zero-order valence-corrected chi connectivity index (χ0v) is 10.7. The quantitative estimate of drug-likeness (QED) is 0.792. The molecule has 1 aromatic rings. The highest BCUT2D eigenvalue weighted by atomic mass is 35.5. The Morgan fingerprint density at radius 1 is 1.50 bits per heavy atom. The predicted molar refractivity (Wildman–Crippen MR) is 69.4 cm³/mol. The summed E-state index contributed by atoms with van der Waals surface area (Å²) in [6.45, 7) is 0. The highest BCUT2D eigenvalue weighted by Crippen LogP contribution is 2.28. The molecule has 0 radical (unpaired) electrons. The van der Waals surface area contributed by atoms with E-state index in [-0.39, 0.29) is 0 Å². The number of halogens is 1. The van der Waals surface area contributed by atoms with Crippen LogP contribution in [0.2, 0.25) is 5.02 Å². The summed E-state index contributed by atoms with van der Waals surface area (Å²) in [5.74, 6) is -0.302. The average molecular weight is 259 g/mol. The summed E-state index contributed by atoms with van der Waals surface area (Å²) in [5, 5.41) is 9.73. The van der Waals surface area contributed by atoms with Gasteiger partial charge < -0.3 is 5.11 Å². The number of aliphatic carboxylic acids is 1. The van der Waals surface area contributed by atoms with E-state index >= 15 is 0 Å². The fourth-order valence-corrected chi connectivity index (χ4v) is 2.32. The lowest BCUT2D eigenvalue weighted by Gasteiger charge is -2.13. The van der Waals surface area contributed by atoms with Gasteiger partial charge in [0.2, 0.25) is 0 Å². The lowest BCUT2D eigenvalue weighted by molar-refractivity contribution is -0.139. The minimum Gasteiger partial charge on any atom is -0.481 e. The molecule has 4 heteroatoms. The molecule has 0 aliphatic heterocycles. The number of rotatable bonds is 6. The third-order valence-electron chi connectivity index (χ3n) is 2.42. The van der Waals surface area contributed by atoms with E-state index in [4.69, 9.17) is 11.6 Å². The molecule has 0 amide bonds. The fraction of sp³-hybridized carbons (Fsp3) is 0.417. The Hall–Kier alpha value is -0.670. The smallest absolute Gasteiger partial charge is 0.311 e. The van der Waals surface area contributed by atoms with Crippen molar-refractivity contribution in [3.8, 4) is 0 Å². The molecule has 1 atom stereocenters. The number of benzene rings is 1. The van der Waals surface area contributed by atoms with Crippen molar-refractivity contribution in [2.75, 3.05) is 12.0 Å². The molecule has 1 aromatic carbocycles. The average Bonchev–Trinajstić information content (AvgIpc) is 2.25. The minimum atomic E-state index is -0.797. The number of hydrogen-bond donors (Lipinski definition) is 1. The zero-order valence-electron chi connectivity index (χ0n) is 9.15. The Morgan fingerprint density at radius 3 is 2.75 bits per heavy atom. The first kappa shape index (κ1) is 13.4. The largest absolute Gasteiger partial charge is 0.481 e. The van der Waals surface area contributed by atoms with E-state index < -0.39 is 11.9 Å². The summed E-state index contributed by atoms with van der Waals surface area (Å²) < 4.78 is 0. The molecule has 2 nitrogen and oxygen atoms in total. The summed E-state index contributed by atoms with van der Waals surface area (Å²) in [6, 6.07) is 7.17. The molecule has 0 saturated carbocycles. The molecule has 0 aliphatic rings. The van der Waals surface area contributed by atoms with Gasteiger partial charge in [0.25, 0.3) is 0 Å². The first-order chi connectivity index (χ1) is 7.66. The first-order valence-electron chi connectivity index (χ1n) is 5.13. The van der Waals surface area contributed by atoms with Crippen molar-refractivity contribution >= 4 is 29.3 Å². The van der Waals surface area contributed by atoms with Gasteiger partial charge in [-0.15, -0.1) is 0 Å². The van der Waals surface area contributed by atoms with Gasteiger partial charge in [0.15, 0.2) is 0 Å². The molecule has 1 rings (SSSR count). The third-order valence-corrected chi connectivity index (χ3v) is 3.46. The number of hydrogen-bond acceptors (Lipinski definition) is 2. The molecular weight excluding hydrogens is 244 g/mol. The second-order valence-electron chi connectivity index (χ2n) is 3.55. The van der Waals surface area contributed by atoms with Crippen LogP contribution in [0.25, 0.3) is 0 Å². The van der Waals surface area contributed by atoms with Gasteiger partial charge in [-0.05, 0) is 36.5 Å². The minimum absolute atomic E-state index is 0.485. The van der Waals surface area contributed by atoms with Crippen molar-refractivity contribution in [2.45, 2.75) is 18.8 Å². The van der Waals surface area contributed by atoms with Crippen LogP contribution >= 0.6 is 23.4 Å². The molecule has 0 spiro atoms. The van der Waals surface area contributed by atoms with Gasteiger partial charge in [0, 0.05) is 5.02 Å². The van der Waals surface area contributed by atoms with Crippen molar-refractivity contribution in [1.82, 2.24) is 0 Å². The molecule has 0 heterocycles. The van der Waals surface area contributed by atoms with Crippen molar-refractivity contribution in [3.05, 3.63) is 34.9 Å². The van der Waals surface area contributed by atoms with Crippen LogP contribution in [0.15, 0.2) is 24.3 Å². The molecule has 0 aliphatic carbocycles. The van der Waals surface area contributed by atoms with Crippen LogP contribution in [-0.2, 0) is 4.79 Å². The number of thioether (sulfide) groups is 1. The van der Waals surface area contributed by atoms with Gasteiger partial charge >= 0.3 is 5.97 Å². The highest BCUT2D eigenvalue weighted by Gasteiger charge is 2.21. The van der Waals surface area contributed by atoms with Crippen LogP contribution in [0, 0.1) is 0 Å². The molecular formula is C12H15ClO2S. The Labute approximate surface area is 105 Å². The van der Waals surface area contributed by atoms with Gasteiger partial charge in [-0.2, -0.15) is 11.8 Å². The Bertz CT molecular complexity index is 355. The van der Waals surface area contributed by atoms with Crippen LogP contribution in [0.1, 0.15) is 24.3 Å². The van der Waals surface area contributed by atoms with E-state index in [1.54, 1.807) is 23.9 Å². The van der Waals surface area contributed by atoms with E-state index in [9.17, 15) is 9.90 Å². The second-order valence-corrected chi connectivity index (χ2v) is 4.94. The van der Waals surface area contributed by atoms with Crippen LogP contribution in [-0.4, -0.2) is 23.1 Å². The lowest BCUT2D eigenvalue weighted by atomic mass is 9.95. The van der Waals surface area contributed by atoms with Gasteiger partial charge in [0.1, 0.15) is 0 Å². The molecule has 0 bridgehead atoms. The van der Waals surface area contributed by atoms with Crippen molar-refractivity contribution in [3.63, 3.8) is 0 Å². The van der Waals surface area contributed by atoms with E-state index in [2.05, 4.69) is 0 Å². The number of carboxylic acid groups (broad SMARTS) is 1. The first-order valence-corrected chi connectivity index (χ1v) is 6.90. The van der Waals surface area contributed by atoms with Crippen LogP contribution in [0.3, 0.4) is 0 Å². The van der Waals surface area contributed by atoms with Gasteiger partial charge in [-0.25, -0.2) is 0 Å². The number of carbonyl (C=O) groups is 1. The van der Waals surface area contributed by atoms with Crippen LogP contribution < -0.4 is 0 Å². The highest BCUT2D eigenvalue weighted by molar-refractivity contribution is 7.98. The maximum Gasteiger partial charge on any atom is 0.311 e. The Morgan fingerprint density at radius 2 is 2.19 bits per heavy atom. The van der Waals surface area contributed by atoms with Crippen molar-refractivity contribution < 1.29 is 9.90 Å². The normalized spacial score (nSPS) is 12.4. The van der Waals surface area contributed by atoms with Crippen LogP contribution in [0.4, 0.5) is 0 Å². The Kier molecular flexibility index (Phi) is 5.71. The summed E-state index contributed by atoms with van der Waals surface area (Å²) in [4.78, 5) is 11.2. The molecule has 16 heavy (non-hydrogen) atoms. The molecule has 1 N–H and O–H groups in total. The molecule has 0 saturated heterocycles. The van der Waals surface area contributed by atoms with Crippen molar-refractivity contribution in [2.24, 2.45) is 0 Å². The third kappa shape index (κ3) is 3.72. The maximum atomic E-state index is 11.2. The molecule has 1 unspecified atom stereocenters. The maximum absolute atomic E-state index is 11.2. The summed E-state index contributed by atoms with van der Waals surface area (Å²) in [7, 11) is 0. The second kappa shape index (κ2) is 6.81. The lowest BCUT2D eigenvalue weighted by Crippen LogP contribution is -2.12. The summed E-state index contributed by atoms with van der Waals surface area (Å²) >= 11 is 7.74. The van der Waals surface area contributed by atoms with E-state index in [0.717, 1.165) is 17.7 Å². The number of carboxylic acids is 1. The van der Waals surface area contributed by atoms with Gasteiger partial charge in [-0.1, -0.05) is 29.8 Å². The van der Waals surface area contributed by atoms with Crippen LogP contribution in [0.5, 0.6) is 0 Å². The standard InChI is InChI=1S/C12H15ClO2S/c1-16-8-4-6-10(12(14)15)9-5-2-3-7-11(9)13/h2-3,5,7,10H,4,6,8H2,1H3,(H,14,15). The van der Waals surface area contributed by atoms with Gasteiger partial charge in [-0.3, -0.25) is 4.79 Å². The Balaban J connectivity index is 2.78.